The molecule has 2 aliphatic heterocycles. The standard InChI is InChI=1S/C14H25N5O2S/c1-11-14(12(2)17(3)16-11)22(20,21)19-8-6-18(7-9-19)13-4-5-15-10-13/h13,15H,4-10H2,1-3H3. The highest BCUT2D eigenvalue weighted by Crippen LogP contribution is 2.24. The van der Waals surface area contributed by atoms with Crippen LogP contribution in [0.25, 0.3) is 0 Å². The summed E-state index contributed by atoms with van der Waals surface area (Å²) in [5.74, 6) is 0. The Hall–Kier alpha value is -0.960. The lowest BCUT2D eigenvalue weighted by atomic mass is 10.2. The van der Waals surface area contributed by atoms with Crippen LogP contribution in [0, 0.1) is 13.8 Å². The number of sulfonamides is 1. The molecule has 3 rings (SSSR count). The molecule has 8 heteroatoms. The van der Waals surface area contributed by atoms with Crippen LogP contribution in [0.2, 0.25) is 0 Å². The fourth-order valence-corrected chi connectivity index (χ4v) is 5.34. The molecule has 2 aliphatic rings. The SMILES string of the molecule is Cc1nn(C)c(C)c1S(=O)(=O)N1CCN(C2CCNC2)CC1. The molecule has 2 saturated heterocycles. The Balaban J connectivity index is 1.74. The van der Waals surface area contributed by atoms with Gasteiger partial charge in [0.1, 0.15) is 4.90 Å². The Bertz CT molecular complexity index is 640. The first-order chi connectivity index (χ1) is 10.4. The summed E-state index contributed by atoms with van der Waals surface area (Å²) in [7, 11) is -1.66. The van der Waals surface area contributed by atoms with E-state index in [9.17, 15) is 8.42 Å². The largest absolute Gasteiger partial charge is 0.315 e. The second kappa shape index (κ2) is 5.92. The molecule has 1 N–H and O–H groups in total. The second-order valence-electron chi connectivity index (χ2n) is 6.21. The van der Waals surface area contributed by atoms with Crippen LogP contribution in [-0.2, 0) is 17.1 Å². The highest BCUT2D eigenvalue weighted by molar-refractivity contribution is 7.89. The van der Waals surface area contributed by atoms with Crippen molar-refractivity contribution in [1.82, 2.24) is 24.3 Å². The van der Waals surface area contributed by atoms with Crippen LogP contribution in [0.1, 0.15) is 17.8 Å². The lowest BCUT2D eigenvalue weighted by Gasteiger charge is -2.37. The van der Waals surface area contributed by atoms with E-state index >= 15 is 0 Å². The van der Waals surface area contributed by atoms with Crippen molar-refractivity contribution in [3.63, 3.8) is 0 Å². The van der Waals surface area contributed by atoms with Gasteiger partial charge in [-0.1, -0.05) is 0 Å². The molecule has 7 nitrogen and oxygen atoms in total. The third kappa shape index (κ3) is 2.68. The highest BCUT2D eigenvalue weighted by atomic mass is 32.2. The summed E-state index contributed by atoms with van der Waals surface area (Å²) in [5.41, 5.74) is 1.29. The molecule has 0 spiro atoms. The lowest BCUT2D eigenvalue weighted by Crippen LogP contribution is -2.52. The zero-order valence-corrected chi connectivity index (χ0v) is 14.4. The van der Waals surface area contributed by atoms with Gasteiger partial charge in [-0.15, -0.1) is 0 Å². The fraction of sp³-hybridized carbons (Fsp3) is 0.786. The summed E-state index contributed by atoms with van der Waals surface area (Å²) in [6, 6.07) is 0.562. The second-order valence-corrected chi connectivity index (χ2v) is 8.09. The topological polar surface area (TPSA) is 70.5 Å². The van der Waals surface area contributed by atoms with Crippen molar-refractivity contribution >= 4 is 10.0 Å². The van der Waals surface area contributed by atoms with Crippen molar-refractivity contribution in [2.75, 3.05) is 39.3 Å². The van der Waals surface area contributed by atoms with Gasteiger partial charge in [0, 0.05) is 45.8 Å². The number of aryl methyl sites for hydroxylation is 2. The van der Waals surface area contributed by atoms with E-state index in [1.54, 1.807) is 23.0 Å². The molecule has 0 amide bonds. The first-order valence-corrected chi connectivity index (χ1v) is 9.30. The van der Waals surface area contributed by atoms with Crippen LogP contribution in [-0.4, -0.2) is 72.7 Å². The monoisotopic (exact) mass is 327 g/mol. The van der Waals surface area contributed by atoms with Crippen LogP contribution < -0.4 is 5.32 Å². The molecule has 0 aliphatic carbocycles. The van der Waals surface area contributed by atoms with E-state index in [4.69, 9.17) is 0 Å². The van der Waals surface area contributed by atoms with Crippen LogP contribution in [0.15, 0.2) is 4.90 Å². The van der Waals surface area contributed by atoms with Gasteiger partial charge in [0.15, 0.2) is 0 Å². The third-order valence-corrected chi connectivity index (χ3v) is 7.02. The van der Waals surface area contributed by atoms with E-state index in [2.05, 4.69) is 15.3 Å². The predicted molar refractivity (Wildman–Crippen MR) is 84.3 cm³/mol. The summed E-state index contributed by atoms with van der Waals surface area (Å²) < 4.78 is 29.1. The third-order valence-electron chi connectivity index (χ3n) is 4.86. The number of nitrogens with zero attached hydrogens (tertiary/aromatic N) is 4. The minimum absolute atomic E-state index is 0.381. The molecule has 0 radical (unpaired) electrons. The quantitative estimate of drug-likeness (QED) is 0.826. The molecule has 1 aromatic rings. The Labute approximate surface area is 132 Å². The molecule has 0 aromatic carbocycles. The van der Waals surface area contributed by atoms with E-state index in [1.165, 1.54) is 0 Å². The maximum atomic E-state index is 12.9. The average Bonchev–Trinajstić information content (AvgIpc) is 3.08. The lowest BCUT2D eigenvalue weighted by molar-refractivity contribution is 0.145. The Morgan fingerprint density at radius 2 is 1.86 bits per heavy atom. The van der Waals surface area contributed by atoms with E-state index in [1.807, 2.05) is 6.92 Å². The van der Waals surface area contributed by atoms with Gasteiger partial charge in [-0.25, -0.2) is 8.42 Å². The number of aromatic nitrogens is 2. The first kappa shape index (κ1) is 15.9. The number of nitrogens with one attached hydrogen (secondary N) is 1. The summed E-state index contributed by atoms with van der Waals surface area (Å²) >= 11 is 0. The van der Waals surface area contributed by atoms with Crippen molar-refractivity contribution in [1.29, 1.82) is 0 Å². The molecule has 3 heterocycles. The van der Waals surface area contributed by atoms with Crippen LogP contribution in [0.3, 0.4) is 0 Å². The Morgan fingerprint density at radius 1 is 1.18 bits per heavy atom. The normalized spacial score (nSPS) is 25.0. The van der Waals surface area contributed by atoms with Crippen LogP contribution in [0.5, 0.6) is 0 Å². The van der Waals surface area contributed by atoms with Gasteiger partial charge in [-0.05, 0) is 26.8 Å². The molecule has 1 aromatic heterocycles. The van der Waals surface area contributed by atoms with Crippen molar-refractivity contribution in [2.24, 2.45) is 7.05 Å². The molecular formula is C14H25N5O2S. The van der Waals surface area contributed by atoms with Crippen molar-refractivity contribution in [3.05, 3.63) is 11.4 Å². The van der Waals surface area contributed by atoms with Crippen molar-refractivity contribution in [3.8, 4) is 0 Å². The van der Waals surface area contributed by atoms with Gasteiger partial charge in [0.25, 0.3) is 0 Å². The maximum absolute atomic E-state index is 12.9. The highest BCUT2D eigenvalue weighted by Gasteiger charge is 2.34. The molecular weight excluding hydrogens is 302 g/mol. The Kier molecular flexibility index (Phi) is 4.28. The van der Waals surface area contributed by atoms with Crippen LogP contribution >= 0.6 is 0 Å². The summed E-state index contributed by atoms with van der Waals surface area (Å²) in [4.78, 5) is 2.79. The van der Waals surface area contributed by atoms with Crippen LogP contribution in [0.4, 0.5) is 0 Å². The minimum atomic E-state index is -3.44. The maximum Gasteiger partial charge on any atom is 0.246 e. The van der Waals surface area contributed by atoms with Gasteiger partial charge >= 0.3 is 0 Å². The first-order valence-electron chi connectivity index (χ1n) is 7.86. The average molecular weight is 327 g/mol. The van der Waals surface area contributed by atoms with Gasteiger partial charge in [0.05, 0.1) is 11.4 Å². The molecule has 22 heavy (non-hydrogen) atoms. The van der Waals surface area contributed by atoms with Crippen molar-refractivity contribution < 1.29 is 8.42 Å². The molecule has 0 bridgehead atoms. The summed E-state index contributed by atoms with van der Waals surface area (Å²) in [5, 5.41) is 7.61. The smallest absolute Gasteiger partial charge is 0.246 e. The molecule has 0 saturated carbocycles. The van der Waals surface area contributed by atoms with Gasteiger partial charge in [-0.3, -0.25) is 9.58 Å². The number of hydrogen-bond donors (Lipinski definition) is 1. The number of piperazine rings is 1. The van der Waals surface area contributed by atoms with Crippen molar-refractivity contribution in [2.45, 2.75) is 31.2 Å². The summed E-state index contributed by atoms with van der Waals surface area (Å²) in [6.07, 6.45) is 1.16. The van der Waals surface area contributed by atoms with E-state index in [-0.39, 0.29) is 0 Å². The predicted octanol–water partition coefficient (Wildman–Crippen LogP) is -0.295. The fourth-order valence-electron chi connectivity index (χ4n) is 3.52. The van der Waals surface area contributed by atoms with Gasteiger partial charge < -0.3 is 5.32 Å². The van der Waals surface area contributed by atoms with E-state index in [0.717, 1.165) is 32.6 Å². The minimum Gasteiger partial charge on any atom is -0.315 e. The molecule has 124 valence electrons. The molecule has 2 fully saturated rings. The molecule has 1 unspecified atom stereocenters. The Morgan fingerprint density at radius 3 is 2.36 bits per heavy atom. The molecule has 1 atom stereocenters. The zero-order chi connectivity index (χ0) is 15.9. The number of hydrogen-bond acceptors (Lipinski definition) is 5. The van der Waals surface area contributed by atoms with Gasteiger partial charge in [-0.2, -0.15) is 9.40 Å². The number of rotatable bonds is 3. The van der Waals surface area contributed by atoms with E-state index < -0.39 is 10.0 Å². The summed E-state index contributed by atoms with van der Waals surface area (Å²) in [6.45, 7) is 8.41. The zero-order valence-electron chi connectivity index (χ0n) is 13.5. The van der Waals surface area contributed by atoms with Gasteiger partial charge in [0.2, 0.25) is 10.0 Å². The van der Waals surface area contributed by atoms with E-state index in [0.29, 0.717) is 35.4 Å².